The molecule has 0 aromatic rings. The van der Waals surface area contributed by atoms with Crippen molar-refractivity contribution in [3.8, 4) is 0 Å². The summed E-state index contributed by atoms with van der Waals surface area (Å²) in [6.45, 7) is 0. The van der Waals surface area contributed by atoms with Gasteiger partial charge in [-0.15, -0.1) is 0 Å². The number of aliphatic imine (C=N–C) groups is 2. The van der Waals surface area contributed by atoms with Crippen molar-refractivity contribution in [2.75, 3.05) is 0 Å². The maximum atomic E-state index is 4.46. The van der Waals surface area contributed by atoms with E-state index in [1.807, 2.05) is 0 Å². The fourth-order valence-electron chi connectivity index (χ4n) is 2.62. The minimum absolute atomic E-state index is 0. The van der Waals surface area contributed by atoms with Gasteiger partial charge in [0.2, 0.25) is 0 Å². The zero-order valence-electron chi connectivity index (χ0n) is 10.7. The molecule has 2 saturated carbocycles. The smallest absolute Gasteiger partial charge is 1.00 e. The summed E-state index contributed by atoms with van der Waals surface area (Å²) in [7, 11) is 0. The Morgan fingerprint density at radius 1 is 0.611 bits per heavy atom. The first-order valence-corrected chi connectivity index (χ1v) is 6.60. The van der Waals surface area contributed by atoms with Crippen molar-refractivity contribution in [1.29, 1.82) is 0 Å². The van der Waals surface area contributed by atoms with Crippen LogP contribution >= 0.6 is 0 Å². The molecule has 0 aromatic carbocycles. The average molecular weight is 341 g/mol. The molecule has 18 heavy (non-hydrogen) atoms. The molecule has 0 atom stereocenters. The molecule has 1 radical (unpaired) electrons. The minimum Gasteiger partial charge on any atom is -1.00 e. The van der Waals surface area contributed by atoms with Crippen LogP contribution in [0.4, 0.5) is 0 Å². The van der Waals surface area contributed by atoms with Crippen LogP contribution in [0.5, 0.6) is 0 Å². The van der Waals surface area contributed by atoms with Crippen LogP contribution in [0.3, 0.4) is 0 Å². The fourth-order valence-corrected chi connectivity index (χ4v) is 2.62. The van der Waals surface area contributed by atoms with E-state index in [1.54, 1.807) is 0 Å². The molecule has 5 heteroatoms. The predicted octanol–water partition coefficient (Wildman–Crippen LogP) is -2.17. The Kier molecular flexibility index (Phi) is 14.4. The largest absolute Gasteiger partial charge is 2.00 e. The van der Waals surface area contributed by atoms with Gasteiger partial charge >= 0.3 is 17.1 Å². The standard InChI is InChI=1S/C13H22N2.2ClH.Cu/c1-3-7-12(8-4-1)14-11-15-13-9-5-2-6-10-13;;;/h12-13H,1-10H2;2*1H;/q;;;+2/p-2. The SMILES string of the molecule is C(=NC1CCCCC1)=NC1CCCCC1.[Cl-].[Cl-].[Cu+2]. The predicted molar refractivity (Wildman–Crippen MR) is 63.6 cm³/mol. The van der Waals surface area contributed by atoms with Crippen LogP contribution in [-0.4, -0.2) is 18.1 Å². The molecular formula is C13H22Cl2CuN2. The van der Waals surface area contributed by atoms with E-state index in [0.717, 1.165) is 0 Å². The number of halogens is 2. The minimum atomic E-state index is 0. The first-order valence-electron chi connectivity index (χ1n) is 6.60. The molecule has 0 heterocycles. The maximum Gasteiger partial charge on any atom is 2.00 e. The van der Waals surface area contributed by atoms with Gasteiger partial charge in [0.15, 0.2) is 0 Å². The average Bonchev–Trinajstić information content (AvgIpc) is 2.32. The summed E-state index contributed by atoms with van der Waals surface area (Å²) in [6, 6.07) is 4.04. The van der Waals surface area contributed by atoms with E-state index in [9.17, 15) is 0 Å². The van der Waals surface area contributed by atoms with Crippen LogP contribution in [0.1, 0.15) is 64.2 Å². The Balaban J connectivity index is 0. The first-order chi connectivity index (χ1) is 7.45. The van der Waals surface area contributed by atoms with Gasteiger partial charge in [0.1, 0.15) is 0 Å². The van der Waals surface area contributed by atoms with Gasteiger partial charge in [0.05, 0.1) is 18.1 Å². The molecule has 0 bridgehead atoms. The third-order valence-corrected chi connectivity index (χ3v) is 3.63. The summed E-state index contributed by atoms with van der Waals surface area (Å²) in [6.07, 6.45) is 13.2. The summed E-state index contributed by atoms with van der Waals surface area (Å²) in [5, 5.41) is 0. The van der Waals surface area contributed by atoms with E-state index >= 15 is 0 Å². The van der Waals surface area contributed by atoms with Gasteiger partial charge in [-0.2, -0.15) is 0 Å². The van der Waals surface area contributed by atoms with Crippen molar-refractivity contribution in [2.24, 2.45) is 9.98 Å². The fraction of sp³-hybridized carbons (Fsp3) is 0.923. The van der Waals surface area contributed by atoms with Crippen molar-refractivity contribution in [1.82, 2.24) is 0 Å². The summed E-state index contributed by atoms with van der Waals surface area (Å²) in [4.78, 5) is 8.92. The van der Waals surface area contributed by atoms with E-state index in [4.69, 9.17) is 0 Å². The van der Waals surface area contributed by atoms with Crippen molar-refractivity contribution in [2.45, 2.75) is 76.3 Å². The second-order valence-electron chi connectivity index (χ2n) is 4.94. The van der Waals surface area contributed by atoms with Gasteiger partial charge in [-0.25, -0.2) is 9.98 Å². The van der Waals surface area contributed by atoms with Gasteiger partial charge in [-0.05, 0) is 25.7 Å². The molecule has 0 amide bonds. The molecule has 2 aliphatic rings. The van der Waals surface area contributed by atoms with Crippen molar-refractivity contribution >= 4 is 6.01 Å². The summed E-state index contributed by atoms with van der Waals surface area (Å²) < 4.78 is 0. The van der Waals surface area contributed by atoms with E-state index in [-0.39, 0.29) is 41.9 Å². The number of nitrogens with zero attached hydrogens (tertiary/aromatic N) is 2. The third-order valence-electron chi connectivity index (χ3n) is 3.63. The van der Waals surface area contributed by atoms with Gasteiger partial charge in [0.25, 0.3) is 0 Å². The van der Waals surface area contributed by atoms with Crippen molar-refractivity contribution < 1.29 is 41.9 Å². The quantitative estimate of drug-likeness (QED) is 0.404. The molecule has 0 N–H and O–H groups in total. The molecule has 2 nitrogen and oxygen atoms in total. The Hall–Kier alpha value is 0.479. The zero-order valence-corrected chi connectivity index (χ0v) is 13.1. The van der Waals surface area contributed by atoms with Crippen LogP contribution in [-0.2, 0) is 17.1 Å². The van der Waals surface area contributed by atoms with Crippen LogP contribution < -0.4 is 24.8 Å². The van der Waals surface area contributed by atoms with E-state index in [2.05, 4.69) is 16.0 Å². The maximum absolute atomic E-state index is 4.46. The Bertz CT molecular complexity index is 221. The summed E-state index contributed by atoms with van der Waals surface area (Å²) >= 11 is 0. The molecule has 0 aliphatic heterocycles. The number of rotatable bonds is 2. The van der Waals surface area contributed by atoms with Gasteiger partial charge < -0.3 is 24.8 Å². The monoisotopic (exact) mass is 339 g/mol. The molecule has 2 rings (SSSR count). The van der Waals surface area contributed by atoms with E-state index < -0.39 is 0 Å². The van der Waals surface area contributed by atoms with Gasteiger partial charge in [-0.1, -0.05) is 38.5 Å². The van der Waals surface area contributed by atoms with E-state index in [1.165, 1.54) is 64.2 Å². The van der Waals surface area contributed by atoms with Gasteiger partial charge in [0, 0.05) is 0 Å². The molecule has 0 aromatic heterocycles. The normalized spacial score (nSPS) is 20.4. The van der Waals surface area contributed by atoms with Crippen LogP contribution in [0.2, 0.25) is 0 Å². The molecular weight excluding hydrogens is 319 g/mol. The number of hydrogen-bond acceptors (Lipinski definition) is 2. The molecule has 2 aliphatic carbocycles. The van der Waals surface area contributed by atoms with Crippen molar-refractivity contribution in [3.63, 3.8) is 0 Å². The van der Waals surface area contributed by atoms with Crippen LogP contribution in [0.25, 0.3) is 0 Å². The van der Waals surface area contributed by atoms with Gasteiger partial charge in [-0.3, -0.25) is 0 Å². The molecule has 0 spiro atoms. The van der Waals surface area contributed by atoms with Crippen LogP contribution in [0.15, 0.2) is 9.98 Å². The third kappa shape index (κ3) is 7.81. The molecule has 0 saturated heterocycles. The zero-order chi connectivity index (χ0) is 10.3. The molecule has 109 valence electrons. The summed E-state index contributed by atoms with van der Waals surface area (Å²) in [5.41, 5.74) is 0. The number of hydrogen-bond donors (Lipinski definition) is 0. The Morgan fingerprint density at radius 2 is 0.944 bits per heavy atom. The summed E-state index contributed by atoms with van der Waals surface area (Å²) in [5.74, 6) is 0. The molecule has 0 unspecified atom stereocenters. The second kappa shape index (κ2) is 12.5. The van der Waals surface area contributed by atoms with Crippen LogP contribution in [0, 0.1) is 0 Å². The van der Waals surface area contributed by atoms with E-state index in [0.29, 0.717) is 12.1 Å². The Morgan fingerprint density at radius 3 is 1.28 bits per heavy atom. The van der Waals surface area contributed by atoms with Crippen molar-refractivity contribution in [3.05, 3.63) is 0 Å². The molecule has 2 fully saturated rings. The first kappa shape index (κ1) is 20.8. The Labute approximate surface area is 134 Å². The second-order valence-corrected chi connectivity index (χ2v) is 4.94. The topological polar surface area (TPSA) is 24.7 Å².